The van der Waals surface area contributed by atoms with E-state index in [2.05, 4.69) is 10.7 Å². The Hall–Kier alpha value is -1.20. The molecule has 0 aliphatic rings. The second-order valence-corrected chi connectivity index (χ2v) is 2.21. The summed E-state index contributed by atoms with van der Waals surface area (Å²) in [5.74, 6) is 2.29. The normalized spacial score (nSPS) is 10.2. The quantitative estimate of drug-likeness (QED) is 0.661. The van der Waals surface area contributed by atoms with Gasteiger partial charge in [0.25, 0.3) is 0 Å². The molecule has 5 heteroatoms. The monoisotopic (exact) mass is 175 g/mol. The lowest BCUT2D eigenvalue weighted by Crippen LogP contribution is -2.01. The van der Waals surface area contributed by atoms with Crippen LogP contribution in [0.5, 0.6) is 5.75 Å². The second kappa shape index (κ2) is 3.46. The molecule has 1 aromatic rings. The summed E-state index contributed by atoms with van der Waals surface area (Å²) in [6.45, 7) is -0.233. The average Bonchev–Trinajstić information content (AvgIpc) is 2.01. The maximum atomic E-state index is 12.8. The summed E-state index contributed by atoms with van der Waals surface area (Å²) in [7, 11) is 0. The molecule has 0 aromatic heterocycles. The third-order valence-corrected chi connectivity index (χ3v) is 1.35. The van der Waals surface area contributed by atoms with E-state index in [9.17, 15) is 8.78 Å². The molecule has 0 aliphatic carbocycles. The molecule has 0 heterocycles. The van der Waals surface area contributed by atoms with Crippen molar-refractivity contribution in [2.24, 2.45) is 5.90 Å². The second-order valence-electron chi connectivity index (χ2n) is 2.21. The molecule has 0 atom stereocenters. The lowest BCUT2D eigenvalue weighted by Gasteiger charge is -2.02. The summed E-state index contributed by atoms with van der Waals surface area (Å²) in [5.41, 5.74) is -0.0344. The average molecular weight is 175 g/mol. The minimum atomic E-state index is -0.900. The third-order valence-electron chi connectivity index (χ3n) is 1.35. The van der Waals surface area contributed by atoms with Crippen LogP contribution in [-0.4, -0.2) is 5.11 Å². The van der Waals surface area contributed by atoms with Gasteiger partial charge in [-0.3, -0.25) is 4.84 Å². The number of hydrogen-bond acceptors (Lipinski definition) is 3. The van der Waals surface area contributed by atoms with E-state index >= 15 is 0 Å². The maximum absolute atomic E-state index is 12.8. The van der Waals surface area contributed by atoms with Gasteiger partial charge in [0.2, 0.25) is 0 Å². The van der Waals surface area contributed by atoms with E-state index in [1.165, 1.54) is 0 Å². The van der Waals surface area contributed by atoms with Crippen molar-refractivity contribution in [1.29, 1.82) is 0 Å². The first-order chi connectivity index (χ1) is 5.65. The first kappa shape index (κ1) is 8.89. The van der Waals surface area contributed by atoms with Crippen molar-refractivity contribution in [2.45, 2.75) is 6.61 Å². The van der Waals surface area contributed by atoms with Gasteiger partial charge in [0.1, 0.15) is 5.82 Å². The van der Waals surface area contributed by atoms with E-state index in [0.717, 1.165) is 6.07 Å². The Bertz CT molecular complexity index is 291. The zero-order valence-electron chi connectivity index (χ0n) is 6.05. The molecule has 0 fully saturated rings. The van der Waals surface area contributed by atoms with Gasteiger partial charge >= 0.3 is 0 Å². The first-order valence-corrected chi connectivity index (χ1v) is 3.13. The van der Waals surface area contributed by atoms with Crippen LogP contribution in [0.25, 0.3) is 0 Å². The maximum Gasteiger partial charge on any atom is 0.165 e. The lowest BCUT2D eigenvalue weighted by molar-refractivity contribution is 0.121. The van der Waals surface area contributed by atoms with E-state index in [4.69, 9.17) is 5.11 Å². The molecule has 12 heavy (non-hydrogen) atoms. The van der Waals surface area contributed by atoms with Gasteiger partial charge in [-0.2, -0.15) is 0 Å². The van der Waals surface area contributed by atoms with Crippen LogP contribution in [0.3, 0.4) is 0 Å². The smallest absolute Gasteiger partial charge is 0.165 e. The molecule has 1 rings (SSSR count). The van der Waals surface area contributed by atoms with Gasteiger partial charge in [-0.25, -0.2) is 14.7 Å². The topological polar surface area (TPSA) is 55.5 Å². The summed E-state index contributed by atoms with van der Waals surface area (Å²) in [6.07, 6.45) is 0. The highest BCUT2D eigenvalue weighted by Gasteiger charge is 2.08. The van der Waals surface area contributed by atoms with Crippen molar-refractivity contribution in [3.05, 3.63) is 29.3 Å². The molecule has 3 N–H and O–H groups in total. The van der Waals surface area contributed by atoms with Crippen molar-refractivity contribution in [3.8, 4) is 5.75 Å². The van der Waals surface area contributed by atoms with Gasteiger partial charge in [-0.05, 0) is 6.07 Å². The summed E-state index contributed by atoms with van der Waals surface area (Å²) in [6, 6.07) is 1.50. The first-order valence-electron chi connectivity index (χ1n) is 3.13. The van der Waals surface area contributed by atoms with E-state index in [1.54, 1.807) is 0 Å². The van der Waals surface area contributed by atoms with E-state index in [1.807, 2.05) is 0 Å². The summed E-state index contributed by atoms with van der Waals surface area (Å²) in [4.78, 5) is 4.12. The Balaban J connectivity index is 3.05. The van der Waals surface area contributed by atoms with Crippen molar-refractivity contribution in [3.63, 3.8) is 0 Å². The number of halogens is 2. The third kappa shape index (κ3) is 1.69. The molecular weight excluding hydrogens is 168 g/mol. The Labute approximate surface area is 67.3 Å². The van der Waals surface area contributed by atoms with E-state index < -0.39 is 17.4 Å². The molecule has 1 aromatic carbocycles. The number of nitrogens with two attached hydrogens (primary N) is 1. The van der Waals surface area contributed by atoms with Crippen molar-refractivity contribution >= 4 is 0 Å². The number of phenolic OH excluding ortho intramolecular Hbond substituents is 1. The Kier molecular flexibility index (Phi) is 2.57. The van der Waals surface area contributed by atoms with Crippen LogP contribution < -0.4 is 5.90 Å². The predicted molar refractivity (Wildman–Crippen MR) is 37.0 cm³/mol. The molecular formula is C7H7F2NO2. The fraction of sp³-hybridized carbons (Fsp3) is 0.143. The van der Waals surface area contributed by atoms with Crippen LogP contribution >= 0.6 is 0 Å². The van der Waals surface area contributed by atoms with Crippen molar-refractivity contribution in [2.75, 3.05) is 0 Å². The highest BCUT2D eigenvalue weighted by molar-refractivity contribution is 5.29. The zero-order valence-corrected chi connectivity index (χ0v) is 6.05. The van der Waals surface area contributed by atoms with Gasteiger partial charge in [0, 0.05) is 11.6 Å². The van der Waals surface area contributed by atoms with E-state index in [0.29, 0.717) is 6.07 Å². The molecule has 0 radical (unpaired) electrons. The van der Waals surface area contributed by atoms with Crippen LogP contribution in [-0.2, 0) is 11.4 Å². The summed E-state index contributed by atoms with van der Waals surface area (Å²) >= 11 is 0. The molecule has 0 aliphatic heterocycles. The van der Waals surface area contributed by atoms with Crippen LogP contribution in [0.2, 0.25) is 0 Å². The van der Waals surface area contributed by atoms with Crippen LogP contribution in [0, 0.1) is 11.6 Å². The minimum absolute atomic E-state index is 0.0344. The standard InChI is InChI=1S/C7H7F2NO2/c8-5-2-7(11)6(9)1-4(5)3-12-10/h1-2,11H,3,10H2. The fourth-order valence-corrected chi connectivity index (χ4v) is 0.778. The Morgan fingerprint density at radius 3 is 2.58 bits per heavy atom. The predicted octanol–water partition coefficient (Wildman–Crippen LogP) is 1.06. The molecule has 0 amide bonds. The highest BCUT2D eigenvalue weighted by atomic mass is 19.1. The summed E-state index contributed by atoms with van der Waals surface area (Å²) < 4.78 is 25.3. The van der Waals surface area contributed by atoms with Crippen LogP contribution in [0.4, 0.5) is 8.78 Å². The van der Waals surface area contributed by atoms with E-state index in [-0.39, 0.29) is 12.2 Å². The molecule has 0 bridgehead atoms. The van der Waals surface area contributed by atoms with Gasteiger partial charge in [0.05, 0.1) is 6.61 Å². The lowest BCUT2D eigenvalue weighted by atomic mass is 10.2. The molecule has 3 nitrogen and oxygen atoms in total. The number of phenols is 1. The Morgan fingerprint density at radius 2 is 2.00 bits per heavy atom. The highest BCUT2D eigenvalue weighted by Crippen LogP contribution is 2.19. The number of aromatic hydroxyl groups is 1. The van der Waals surface area contributed by atoms with Gasteiger partial charge in [-0.1, -0.05) is 0 Å². The molecule has 0 saturated heterocycles. The molecule has 0 saturated carbocycles. The number of hydrogen-bond donors (Lipinski definition) is 2. The van der Waals surface area contributed by atoms with Gasteiger partial charge in [0.15, 0.2) is 11.6 Å². The zero-order chi connectivity index (χ0) is 9.14. The number of benzene rings is 1. The minimum Gasteiger partial charge on any atom is -0.505 e. The molecule has 0 unspecified atom stereocenters. The Morgan fingerprint density at radius 1 is 1.33 bits per heavy atom. The molecule has 66 valence electrons. The van der Waals surface area contributed by atoms with Crippen molar-refractivity contribution < 1.29 is 18.7 Å². The SMILES string of the molecule is NOCc1cc(F)c(O)cc1F. The summed E-state index contributed by atoms with van der Waals surface area (Å²) in [5, 5.41) is 8.71. The van der Waals surface area contributed by atoms with Crippen molar-refractivity contribution in [1.82, 2.24) is 0 Å². The van der Waals surface area contributed by atoms with Gasteiger partial charge < -0.3 is 5.11 Å². The van der Waals surface area contributed by atoms with Crippen LogP contribution in [0.15, 0.2) is 12.1 Å². The van der Waals surface area contributed by atoms with Crippen LogP contribution in [0.1, 0.15) is 5.56 Å². The van der Waals surface area contributed by atoms with Gasteiger partial charge in [-0.15, -0.1) is 0 Å². The fourth-order valence-electron chi connectivity index (χ4n) is 0.778. The largest absolute Gasteiger partial charge is 0.505 e. The molecule has 0 spiro atoms. The number of rotatable bonds is 2.